The second-order valence-corrected chi connectivity index (χ2v) is 5.50. The van der Waals surface area contributed by atoms with E-state index in [2.05, 4.69) is 22.9 Å². The molecule has 0 fully saturated rings. The van der Waals surface area contributed by atoms with Crippen molar-refractivity contribution in [2.75, 3.05) is 24.4 Å². The molecule has 2 atom stereocenters. The normalized spacial score (nSPS) is 13.7. The lowest BCUT2D eigenvalue weighted by atomic mass is 10.1. The third-order valence-electron chi connectivity index (χ3n) is 2.87. The maximum absolute atomic E-state index is 11.8. The van der Waals surface area contributed by atoms with Gasteiger partial charge in [-0.05, 0) is 44.8 Å². The number of amides is 2. The van der Waals surface area contributed by atoms with Crippen LogP contribution < -0.4 is 16.0 Å². The van der Waals surface area contributed by atoms with E-state index in [0.717, 1.165) is 17.0 Å². The number of benzene rings is 1. The second kappa shape index (κ2) is 8.07. The Labute approximate surface area is 119 Å². The molecule has 1 aromatic rings. The molecule has 0 saturated heterocycles. The van der Waals surface area contributed by atoms with Crippen molar-refractivity contribution in [1.82, 2.24) is 10.6 Å². The standard InChI is InChI=1S/C14H23N3OS/c1-10(9-19-4)16-14(18)17-13-7-5-6-12(8-13)11(2)15-3/h5-8,10-11,15H,9H2,1-4H3,(H2,16,17,18). The van der Waals surface area contributed by atoms with Gasteiger partial charge in [0.05, 0.1) is 0 Å². The van der Waals surface area contributed by atoms with Crippen LogP contribution in [0.3, 0.4) is 0 Å². The van der Waals surface area contributed by atoms with E-state index >= 15 is 0 Å². The van der Waals surface area contributed by atoms with Crippen LogP contribution in [-0.4, -0.2) is 31.1 Å². The molecule has 0 aliphatic heterocycles. The first kappa shape index (κ1) is 15.9. The fourth-order valence-electron chi connectivity index (χ4n) is 1.74. The third kappa shape index (κ3) is 5.53. The molecule has 5 heteroatoms. The number of hydrogen-bond acceptors (Lipinski definition) is 3. The van der Waals surface area contributed by atoms with Crippen molar-refractivity contribution in [2.45, 2.75) is 25.9 Å². The Bertz CT molecular complexity index is 411. The van der Waals surface area contributed by atoms with Gasteiger partial charge >= 0.3 is 6.03 Å². The number of rotatable bonds is 6. The Balaban J connectivity index is 2.59. The van der Waals surface area contributed by atoms with Gasteiger partial charge in [-0.25, -0.2) is 4.79 Å². The van der Waals surface area contributed by atoms with Crippen molar-refractivity contribution in [1.29, 1.82) is 0 Å². The van der Waals surface area contributed by atoms with Gasteiger partial charge in [-0.1, -0.05) is 12.1 Å². The van der Waals surface area contributed by atoms with Gasteiger partial charge in [-0.3, -0.25) is 0 Å². The largest absolute Gasteiger partial charge is 0.335 e. The summed E-state index contributed by atoms with van der Waals surface area (Å²) in [5.41, 5.74) is 1.96. The van der Waals surface area contributed by atoms with E-state index in [-0.39, 0.29) is 18.1 Å². The van der Waals surface area contributed by atoms with Gasteiger partial charge in [-0.2, -0.15) is 11.8 Å². The minimum absolute atomic E-state index is 0.157. The van der Waals surface area contributed by atoms with Crippen molar-refractivity contribution in [3.8, 4) is 0 Å². The maximum atomic E-state index is 11.8. The highest BCUT2D eigenvalue weighted by Gasteiger charge is 2.08. The zero-order valence-electron chi connectivity index (χ0n) is 12.0. The van der Waals surface area contributed by atoms with Gasteiger partial charge in [0.15, 0.2) is 0 Å². The van der Waals surface area contributed by atoms with E-state index < -0.39 is 0 Å². The molecule has 0 aromatic heterocycles. The monoisotopic (exact) mass is 281 g/mol. The van der Waals surface area contributed by atoms with Gasteiger partial charge in [0, 0.05) is 23.5 Å². The summed E-state index contributed by atoms with van der Waals surface area (Å²) in [7, 11) is 1.92. The van der Waals surface area contributed by atoms with Crippen molar-refractivity contribution in [2.24, 2.45) is 0 Å². The van der Waals surface area contributed by atoms with Gasteiger partial charge in [0.1, 0.15) is 0 Å². The summed E-state index contributed by atoms with van der Waals surface area (Å²) in [6.07, 6.45) is 2.03. The van der Waals surface area contributed by atoms with Crippen molar-refractivity contribution in [3.05, 3.63) is 29.8 Å². The van der Waals surface area contributed by atoms with Gasteiger partial charge in [-0.15, -0.1) is 0 Å². The molecule has 1 aromatic carbocycles. The molecule has 3 N–H and O–H groups in total. The van der Waals surface area contributed by atoms with Gasteiger partial charge < -0.3 is 16.0 Å². The molecule has 19 heavy (non-hydrogen) atoms. The molecule has 0 heterocycles. The zero-order valence-corrected chi connectivity index (χ0v) is 12.8. The van der Waals surface area contributed by atoms with Crippen LogP contribution in [0.1, 0.15) is 25.5 Å². The Morgan fingerprint density at radius 2 is 2.11 bits per heavy atom. The molecule has 106 valence electrons. The van der Waals surface area contributed by atoms with E-state index in [1.54, 1.807) is 11.8 Å². The molecule has 0 radical (unpaired) electrons. The number of hydrogen-bond donors (Lipinski definition) is 3. The first-order chi connectivity index (χ1) is 9.06. The van der Waals surface area contributed by atoms with Crippen molar-refractivity contribution < 1.29 is 4.79 Å². The number of carbonyl (C=O) groups excluding carboxylic acids is 1. The molecule has 0 aliphatic carbocycles. The Hall–Kier alpha value is -1.20. The SMILES string of the molecule is CNC(C)c1cccc(NC(=O)NC(C)CSC)c1. The summed E-state index contributed by atoms with van der Waals surface area (Å²) in [6, 6.07) is 8.14. The highest BCUT2D eigenvalue weighted by molar-refractivity contribution is 7.98. The minimum Gasteiger partial charge on any atom is -0.335 e. The van der Waals surface area contributed by atoms with Crippen LogP contribution in [0.2, 0.25) is 0 Å². The fourth-order valence-corrected chi connectivity index (χ4v) is 2.32. The zero-order chi connectivity index (χ0) is 14.3. The first-order valence-electron chi connectivity index (χ1n) is 6.40. The summed E-state index contributed by atoms with van der Waals surface area (Å²) in [5, 5.41) is 8.95. The van der Waals surface area contributed by atoms with Gasteiger partial charge in [0.25, 0.3) is 0 Å². The smallest absolute Gasteiger partial charge is 0.319 e. The summed E-state index contributed by atoms with van der Waals surface area (Å²) in [5.74, 6) is 0.907. The van der Waals surface area contributed by atoms with Crippen molar-refractivity contribution >= 4 is 23.5 Å². The van der Waals surface area contributed by atoms with E-state index in [0.29, 0.717) is 0 Å². The van der Waals surface area contributed by atoms with Gasteiger partial charge in [0.2, 0.25) is 0 Å². The van der Waals surface area contributed by atoms with Crippen LogP contribution in [0.4, 0.5) is 10.5 Å². The maximum Gasteiger partial charge on any atom is 0.319 e. The number of carbonyl (C=O) groups is 1. The predicted molar refractivity (Wildman–Crippen MR) is 83.9 cm³/mol. The average Bonchev–Trinajstić information content (AvgIpc) is 2.38. The van der Waals surface area contributed by atoms with E-state index in [1.807, 2.05) is 44.5 Å². The van der Waals surface area contributed by atoms with Crippen LogP contribution in [0.5, 0.6) is 0 Å². The first-order valence-corrected chi connectivity index (χ1v) is 7.80. The molecule has 4 nitrogen and oxygen atoms in total. The Morgan fingerprint density at radius 1 is 1.37 bits per heavy atom. The molecular formula is C14H23N3OS. The van der Waals surface area contributed by atoms with Crippen LogP contribution in [0.25, 0.3) is 0 Å². The number of thioether (sulfide) groups is 1. The summed E-state index contributed by atoms with van der Waals surface area (Å²) in [6.45, 7) is 4.08. The molecule has 0 saturated carbocycles. The number of urea groups is 1. The third-order valence-corrected chi connectivity index (χ3v) is 3.71. The Kier molecular flexibility index (Phi) is 6.73. The average molecular weight is 281 g/mol. The quantitative estimate of drug-likeness (QED) is 0.751. The lowest BCUT2D eigenvalue weighted by Crippen LogP contribution is -2.37. The van der Waals surface area contributed by atoms with Crippen LogP contribution >= 0.6 is 11.8 Å². The number of anilines is 1. The molecule has 0 bridgehead atoms. The summed E-state index contributed by atoms with van der Waals surface area (Å²) in [4.78, 5) is 11.8. The lowest BCUT2D eigenvalue weighted by Gasteiger charge is -2.15. The topological polar surface area (TPSA) is 53.2 Å². The molecule has 1 rings (SSSR count). The molecule has 0 aliphatic rings. The fraction of sp³-hybridized carbons (Fsp3) is 0.500. The lowest BCUT2D eigenvalue weighted by molar-refractivity contribution is 0.250. The molecule has 0 spiro atoms. The van der Waals surface area contributed by atoms with E-state index in [9.17, 15) is 4.79 Å². The predicted octanol–water partition coefficient (Wildman–Crippen LogP) is 2.84. The summed E-state index contributed by atoms with van der Waals surface area (Å²) >= 11 is 1.72. The molecular weight excluding hydrogens is 258 g/mol. The van der Waals surface area contributed by atoms with E-state index in [1.165, 1.54) is 0 Å². The molecule has 2 amide bonds. The van der Waals surface area contributed by atoms with Crippen LogP contribution in [0.15, 0.2) is 24.3 Å². The van der Waals surface area contributed by atoms with E-state index in [4.69, 9.17) is 0 Å². The number of nitrogens with one attached hydrogen (secondary N) is 3. The Morgan fingerprint density at radius 3 is 2.74 bits per heavy atom. The van der Waals surface area contributed by atoms with Crippen molar-refractivity contribution in [3.63, 3.8) is 0 Å². The second-order valence-electron chi connectivity index (χ2n) is 4.59. The summed E-state index contributed by atoms with van der Waals surface area (Å²) < 4.78 is 0. The highest BCUT2D eigenvalue weighted by atomic mass is 32.2. The minimum atomic E-state index is -0.157. The van der Waals surface area contributed by atoms with Crippen LogP contribution in [0, 0.1) is 0 Å². The molecule has 2 unspecified atom stereocenters. The highest BCUT2D eigenvalue weighted by Crippen LogP contribution is 2.16. The van der Waals surface area contributed by atoms with Crippen LogP contribution in [-0.2, 0) is 0 Å².